The molecule has 0 heterocycles. The van der Waals surface area contributed by atoms with Crippen molar-refractivity contribution in [3.63, 3.8) is 0 Å². The first-order chi connectivity index (χ1) is 15.8. The Labute approximate surface area is 192 Å². The van der Waals surface area contributed by atoms with Crippen LogP contribution in [0.3, 0.4) is 0 Å². The van der Waals surface area contributed by atoms with Gasteiger partial charge < -0.3 is 10.6 Å². The van der Waals surface area contributed by atoms with Crippen molar-refractivity contribution >= 4 is 35.6 Å². The van der Waals surface area contributed by atoms with Crippen molar-refractivity contribution in [1.82, 2.24) is 0 Å². The molecule has 0 saturated carbocycles. The average Bonchev–Trinajstić information content (AvgIpc) is 2.80. The minimum absolute atomic E-state index is 0.0278. The molecule has 0 aliphatic carbocycles. The highest BCUT2D eigenvalue weighted by Gasteiger charge is 1.97. The molecule has 0 spiro atoms. The van der Waals surface area contributed by atoms with Crippen LogP contribution in [0, 0.1) is 31.0 Å². The summed E-state index contributed by atoms with van der Waals surface area (Å²) in [5.74, 6) is -0.254. The number of allylic oxidation sites excluding steroid dienone is 1. The lowest BCUT2D eigenvalue weighted by molar-refractivity contribution is -0.115. The molecule has 2 aromatic rings. The van der Waals surface area contributed by atoms with Crippen LogP contribution in [0.25, 0.3) is 20.6 Å². The first kappa shape index (κ1) is 27.8. The summed E-state index contributed by atoms with van der Waals surface area (Å²) in [5.41, 5.74) is 2.78. The Morgan fingerprint density at radius 2 is 1.30 bits per heavy atom. The third-order valence-electron chi connectivity index (χ3n) is 3.28. The Kier molecular flexibility index (Phi) is 13.9. The van der Waals surface area contributed by atoms with Gasteiger partial charge in [0.15, 0.2) is 0 Å². The number of hydrogen-bond acceptors (Lipinski definition) is 4. The molecular formula is C24H20N6O3. The largest absolute Gasteiger partial charge is 0.466 e. The normalized spacial score (nSPS) is 8.85. The van der Waals surface area contributed by atoms with Crippen LogP contribution in [-0.2, 0) is 9.59 Å². The standard InChI is InChI=1S/C12H9N3O.C9H9NO2.C3H2N2/c1-9(16)15-11-5-3-10(4-6-11)7-12(8-13)14-2;1-7(12)10-9-4-2-8(6-11)3-5-9;1-4-3-5-2/h3-7H,1H3,(H,15,16);2-6H,1H3,(H,10,12);3H2/b12-7-;;. The Morgan fingerprint density at radius 3 is 1.58 bits per heavy atom. The highest BCUT2D eigenvalue weighted by atomic mass is 16.2. The van der Waals surface area contributed by atoms with Gasteiger partial charge in [0.05, 0.1) is 12.6 Å². The molecule has 2 N–H and O–H groups in total. The van der Waals surface area contributed by atoms with E-state index in [1.807, 2.05) is 0 Å². The van der Waals surface area contributed by atoms with Gasteiger partial charge in [0.25, 0.3) is 5.70 Å². The molecule has 33 heavy (non-hydrogen) atoms. The van der Waals surface area contributed by atoms with E-state index in [-0.39, 0.29) is 24.2 Å². The van der Waals surface area contributed by atoms with Gasteiger partial charge in [0.2, 0.25) is 11.8 Å². The molecular weight excluding hydrogens is 420 g/mol. The molecule has 0 aliphatic rings. The zero-order valence-corrected chi connectivity index (χ0v) is 18.0. The van der Waals surface area contributed by atoms with Crippen LogP contribution < -0.4 is 10.6 Å². The van der Waals surface area contributed by atoms with Crippen LogP contribution in [0.1, 0.15) is 29.8 Å². The predicted molar refractivity (Wildman–Crippen MR) is 125 cm³/mol. The summed E-state index contributed by atoms with van der Waals surface area (Å²) < 4.78 is 0. The van der Waals surface area contributed by atoms with Crippen molar-refractivity contribution in [1.29, 1.82) is 5.26 Å². The van der Waals surface area contributed by atoms with Crippen molar-refractivity contribution in [2.24, 2.45) is 0 Å². The highest BCUT2D eigenvalue weighted by molar-refractivity contribution is 5.89. The predicted octanol–water partition coefficient (Wildman–Crippen LogP) is 4.67. The average molecular weight is 440 g/mol. The summed E-state index contributed by atoms with van der Waals surface area (Å²) >= 11 is 0. The first-order valence-electron chi connectivity index (χ1n) is 9.15. The smallest absolute Gasteiger partial charge is 0.326 e. The molecule has 9 heteroatoms. The molecule has 0 aliphatic heterocycles. The molecule has 0 saturated heterocycles. The maximum Gasteiger partial charge on any atom is 0.466 e. The topological polar surface area (TPSA) is 112 Å². The maximum atomic E-state index is 10.8. The van der Waals surface area contributed by atoms with Crippen molar-refractivity contribution in [3.8, 4) is 6.07 Å². The molecule has 0 unspecified atom stereocenters. The fraction of sp³-hybridized carbons (Fsp3) is 0.125. The lowest BCUT2D eigenvalue weighted by atomic mass is 10.2. The van der Waals surface area contributed by atoms with Crippen LogP contribution >= 0.6 is 0 Å². The molecule has 0 bridgehead atoms. The Balaban J connectivity index is 0.000000530. The number of rotatable bonds is 4. The van der Waals surface area contributed by atoms with Gasteiger partial charge in [0.1, 0.15) is 6.29 Å². The Hall–Kier alpha value is -5.25. The number of carbonyl (C=O) groups is 3. The summed E-state index contributed by atoms with van der Waals surface area (Å²) in [6, 6.07) is 15.3. The zero-order chi connectivity index (χ0) is 25.1. The molecule has 0 atom stereocenters. The van der Waals surface area contributed by atoms with Crippen LogP contribution in [0.5, 0.6) is 0 Å². The minimum Gasteiger partial charge on any atom is -0.326 e. The van der Waals surface area contributed by atoms with Crippen LogP contribution in [0.2, 0.25) is 0 Å². The van der Waals surface area contributed by atoms with E-state index in [2.05, 4.69) is 25.2 Å². The van der Waals surface area contributed by atoms with Gasteiger partial charge >= 0.3 is 6.67 Å². The fourth-order valence-corrected chi connectivity index (χ4v) is 2.00. The van der Waals surface area contributed by atoms with Gasteiger partial charge in [-0.3, -0.25) is 14.4 Å². The van der Waals surface area contributed by atoms with E-state index >= 15 is 0 Å². The molecule has 9 nitrogen and oxygen atoms in total. The third kappa shape index (κ3) is 13.6. The summed E-state index contributed by atoms with van der Waals surface area (Å²) in [6.45, 7) is 21.6. The van der Waals surface area contributed by atoms with Crippen molar-refractivity contribution in [2.45, 2.75) is 13.8 Å². The number of nitriles is 1. The minimum atomic E-state index is -0.137. The van der Waals surface area contributed by atoms with Gasteiger partial charge in [0, 0.05) is 30.8 Å². The van der Waals surface area contributed by atoms with E-state index in [0.29, 0.717) is 16.9 Å². The van der Waals surface area contributed by atoms with Crippen molar-refractivity contribution < 1.29 is 14.4 Å². The van der Waals surface area contributed by atoms with E-state index in [4.69, 9.17) is 25.0 Å². The van der Waals surface area contributed by atoms with Crippen molar-refractivity contribution in [2.75, 3.05) is 17.3 Å². The van der Waals surface area contributed by atoms with Crippen LogP contribution in [-0.4, -0.2) is 24.8 Å². The number of anilines is 2. The summed E-state index contributed by atoms with van der Waals surface area (Å²) in [7, 11) is 0. The van der Waals surface area contributed by atoms with E-state index < -0.39 is 0 Å². The lowest BCUT2D eigenvalue weighted by Crippen LogP contribution is -2.05. The van der Waals surface area contributed by atoms with E-state index in [9.17, 15) is 14.4 Å². The van der Waals surface area contributed by atoms with Gasteiger partial charge in [-0.25, -0.2) is 32.9 Å². The van der Waals surface area contributed by atoms with Gasteiger partial charge in [-0.05, 0) is 48.0 Å². The quantitative estimate of drug-likeness (QED) is 0.409. The van der Waals surface area contributed by atoms with Crippen LogP contribution in [0.15, 0.2) is 54.2 Å². The molecule has 2 amide bonds. The summed E-state index contributed by atoms with van der Waals surface area (Å²) in [5, 5.41) is 13.8. The first-order valence-corrected chi connectivity index (χ1v) is 9.15. The third-order valence-corrected chi connectivity index (χ3v) is 3.28. The lowest BCUT2D eigenvalue weighted by Gasteiger charge is -2.01. The number of nitrogens with one attached hydrogen (secondary N) is 2. The van der Waals surface area contributed by atoms with Crippen LogP contribution in [0.4, 0.5) is 11.4 Å². The van der Waals surface area contributed by atoms with Gasteiger partial charge in [-0.15, -0.1) is 0 Å². The molecule has 2 rings (SSSR count). The highest BCUT2D eigenvalue weighted by Crippen LogP contribution is 2.12. The van der Waals surface area contributed by atoms with Crippen molar-refractivity contribution in [3.05, 3.63) is 99.6 Å². The number of carbonyl (C=O) groups excluding carboxylic acids is 3. The second-order valence-electron chi connectivity index (χ2n) is 5.94. The second kappa shape index (κ2) is 16.5. The second-order valence-corrected chi connectivity index (χ2v) is 5.94. The monoisotopic (exact) mass is 440 g/mol. The Morgan fingerprint density at radius 1 is 0.879 bits per heavy atom. The van der Waals surface area contributed by atoms with E-state index in [1.165, 1.54) is 19.9 Å². The zero-order valence-electron chi connectivity index (χ0n) is 18.0. The molecule has 0 aromatic heterocycles. The number of aldehydes is 1. The number of benzene rings is 2. The molecule has 0 radical (unpaired) electrons. The number of hydrogen-bond donors (Lipinski definition) is 2. The molecule has 164 valence electrons. The van der Waals surface area contributed by atoms with E-state index in [1.54, 1.807) is 54.6 Å². The summed E-state index contributed by atoms with van der Waals surface area (Å²) in [6.07, 6.45) is 2.25. The number of amides is 2. The summed E-state index contributed by atoms with van der Waals surface area (Å²) in [4.78, 5) is 40.2. The number of nitrogens with zero attached hydrogens (tertiary/aromatic N) is 4. The van der Waals surface area contributed by atoms with Gasteiger partial charge in [-0.2, -0.15) is 0 Å². The molecule has 2 aromatic carbocycles. The maximum absolute atomic E-state index is 10.8. The Bertz CT molecular complexity index is 1110. The SMILES string of the molecule is CC(=O)Nc1ccc(C=O)cc1.[C-]#[N+]/C(C#N)=C\c1ccc(NC(C)=O)cc1.[C-]#[N+]C[N+]#[C-]. The van der Waals surface area contributed by atoms with Gasteiger partial charge in [-0.1, -0.05) is 12.1 Å². The molecule has 0 fully saturated rings. The fourth-order valence-electron chi connectivity index (χ4n) is 2.00. The van der Waals surface area contributed by atoms with E-state index in [0.717, 1.165) is 11.8 Å².